The van der Waals surface area contributed by atoms with Gasteiger partial charge < -0.3 is 5.11 Å². The van der Waals surface area contributed by atoms with Gasteiger partial charge in [-0.2, -0.15) is 0 Å². The molecule has 0 atom stereocenters. The molecular weight excluding hydrogens is 466 g/mol. The summed E-state index contributed by atoms with van der Waals surface area (Å²) in [6, 6.07) is 19.1. The first-order valence-corrected chi connectivity index (χ1v) is 12.4. The summed E-state index contributed by atoms with van der Waals surface area (Å²) in [4.78, 5) is 29.3. The van der Waals surface area contributed by atoms with E-state index in [4.69, 9.17) is 5.11 Å². The van der Waals surface area contributed by atoms with Gasteiger partial charge in [-0.05, 0) is 53.4 Å². The highest BCUT2D eigenvalue weighted by Gasteiger charge is 2.17. The highest BCUT2D eigenvalue weighted by molar-refractivity contribution is 7.89. The van der Waals surface area contributed by atoms with E-state index in [1.165, 1.54) is 35.4 Å². The summed E-state index contributed by atoms with van der Waals surface area (Å²) >= 11 is 0. The van der Waals surface area contributed by atoms with E-state index in [2.05, 4.69) is 4.98 Å². The molecule has 0 radical (unpaired) electrons. The summed E-state index contributed by atoms with van der Waals surface area (Å²) in [5, 5.41) is 9.42. The van der Waals surface area contributed by atoms with Crippen LogP contribution >= 0.6 is 0 Å². The lowest BCUT2D eigenvalue weighted by atomic mass is 10.0. The number of hydrogen-bond acceptors (Lipinski definition) is 6. The van der Waals surface area contributed by atoms with Crippen LogP contribution in [0.2, 0.25) is 0 Å². The fourth-order valence-corrected chi connectivity index (χ4v) is 4.73. The number of benzene rings is 3. The second-order valence-electron chi connectivity index (χ2n) is 8.32. The van der Waals surface area contributed by atoms with E-state index in [0.29, 0.717) is 23.9 Å². The predicted octanol–water partition coefficient (Wildman–Crippen LogP) is 2.73. The SMILES string of the molecule is CN(C)S(=O)(=O)c1cccc(-c2cccc(CCn3cnc4ccc(C(=O)CO)cc4c3=O)c2)c1. The number of aromatic nitrogens is 2. The third-order valence-corrected chi connectivity index (χ3v) is 7.62. The Bertz CT molecular complexity index is 1580. The summed E-state index contributed by atoms with van der Waals surface area (Å²) < 4.78 is 27.7. The lowest BCUT2D eigenvalue weighted by molar-refractivity contribution is 0.0904. The molecule has 4 rings (SSSR count). The zero-order valence-corrected chi connectivity index (χ0v) is 20.2. The fraction of sp³-hybridized carbons (Fsp3) is 0.192. The Morgan fingerprint density at radius 3 is 2.43 bits per heavy atom. The van der Waals surface area contributed by atoms with Gasteiger partial charge >= 0.3 is 0 Å². The van der Waals surface area contributed by atoms with Crippen molar-refractivity contribution in [2.75, 3.05) is 20.7 Å². The molecule has 0 aliphatic heterocycles. The number of ketones is 1. The minimum atomic E-state index is -3.54. The van der Waals surface area contributed by atoms with E-state index in [1.54, 1.807) is 30.3 Å². The number of fused-ring (bicyclic) bond motifs is 1. The number of aliphatic hydroxyl groups is 1. The molecule has 35 heavy (non-hydrogen) atoms. The maximum absolute atomic E-state index is 13.0. The maximum atomic E-state index is 13.0. The third-order valence-electron chi connectivity index (χ3n) is 5.80. The molecule has 1 N–H and O–H groups in total. The van der Waals surface area contributed by atoms with Crippen molar-refractivity contribution in [3.05, 3.63) is 94.5 Å². The first-order chi connectivity index (χ1) is 16.7. The molecule has 9 heteroatoms. The Balaban J connectivity index is 1.59. The smallest absolute Gasteiger partial charge is 0.261 e. The summed E-state index contributed by atoms with van der Waals surface area (Å²) in [5.74, 6) is -0.457. The summed E-state index contributed by atoms with van der Waals surface area (Å²) in [7, 11) is -0.548. The van der Waals surface area contributed by atoms with Gasteiger partial charge in [0.25, 0.3) is 5.56 Å². The van der Waals surface area contributed by atoms with Gasteiger partial charge in [0.2, 0.25) is 10.0 Å². The van der Waals surface area contributed by atoms with E-state index < -0.39 is 22.4 Å². The van der Waals surface area contributed by atoms with E-state index in [0.717, 1.165) is 16.7 Å². The Morgan fingerprint density at radius 2 is 1.71 bits per heavy atom. The highest BCUT2D eigenvalue weighted by Crippen LogP contribution is 2.25. The molecule has 180 valence electrons. The molecule has 0 spiro atoms. The van der Waals surface area contributed by atoms with Crippen molar-refractivity contribution in [1.29, 1.82) is 0 Å². The number of rotatable bonds is 8. The fourth-order valence-electron chi connectivity index (χ4n) is 3.79. The molecule has 4 aromatic rings. The summed E-state index contributed by atoms with van der Waals surface area (Å²) in [6.07, 6.45) is 2.03. The van der Waals surface area contributed by atoms with Crippen LogP contribution in [-0.4, -0.2) is 53.9 Å². The molecule has 0 saturated heterocycles. The van der Waals surface area contributed by atoms with Crippen molar-refractivity contribution in [3.63, 3.8) is 0 Å². The molecule has 0 aliphatic carbocycles. The van der Waals surface area contributed by atoms with Crippen molar-refractivity contribution in [3.8, 4) is 11.1 Å². The molecule has 0 fully saturated rings. The normalized spacial score (nSPS) is 11.8. The minimum absolute atomic E-state index is 0.221. The van der Waals surface area contributed by atoms with Crippen LogP contribution in [0.1, 0.15) is 15.9 Å². The highest BCUT2D eigenvalue weighted by atomic mass is 32.2. The van der Waals surface area contributed by atoms with Gasteiger partial charge in [-0.15, -0.1) is 0 Å². The van der Waals surface area contributed by atoms with Gasteiger partial charge in [0.05, 0.1) is 22.1 Å². The van der Waals surface area contributed by atoms with Gasteiger partial charge in [-0.3, -0.25) is 14.2 Å². The second kappa shape index (κ2) is 9.91. The zero-order valence-electron chi connectivity index (χ0n) is 19.4. The second-order valence-corrected chi connectivity index (χ2v) is 10.5. The average Bonchev–Trinajstić information content (AvgIpc) is 2.88. The van der Waals surface area contributed by atoms with Crippen molar-refractivity contribution < 1.29 is 18.3 Å². The van der Waals surface area contributed by atoms with E-state index >= 15 is 0 Å². The first-order valence-electron chi connectivity index (χ1n) is 11.0. The van der Waals surface area contributed by atoms with Crippen LogP contribution in [0.3, 0.4) is 0 Å². The van der Waals surface area contributed by atoms with Crippen molar-refractivity contribution in [1.82, 2.24) is 13.9 Å². The Kier molecular flexibility index (Phi) is 6.93. The van der Waals surface area contributed by atoms with Crippen LogP contribution < -0.4 is 5.56 Å². The van der Waals surface area contributed by atoms with Crippen LogP contribution in [0.5, 0.6) is 0 Å². The number of Topliss-reactive ketones (excluding diaryl/α,β-unsaturated/α-hetero) is 1. The molecule has 1 aromatic heterocycles. The molecule has 0 amide bonds. The standard InChI is InChI=1S/C26H25N3O5S/c1-28(2)35(33,34)22-8-4-7-20(14-22)19-6-3-5-18(13-19)11-12-29-17-27-24-10-9-21(25(31)16-30)15-23(24)26(29)32/h3-10,13-15,17,30H,11-12,16H2,1-2H3. The first kappa shape index (κ1) is 24.5. The van der Waals surface area contributed by atoms with Crippen molar-refractivity contribution in [2.45, 2.75) is 17.9 Å². The number of carbonyl (C=O) groups excluding carboxylic acids is 1. The number of aliphatic hydroxyl groups excluding tert-OH is 1. The average molecular weight is 492 g/mol. The Hall–Kier alpha value is -3.66. The quantitative estimate of drug-likeness (QED) is 0.380. The Labute approximate surface area is 203 Å². The topological polar surface area (TPSA) is 110 Å². The minimum Gasteiger partial charge on any atom is -0.388 e. The number of aryl methyl sites for hydroxylation is 2. The zero-order chi connectivity index (χ0) is 25.2. The van der Waals surface area contributed by atoms with Gasteiger partial charge in [0, 0.05) is 26.2 Å². The number of carbonyl (C=O) groups is 1. The van der Waals surface area contributed by atoms with Gasteiger partial charge in [0.1, 0.15) is 6.61 Å². The van der Waals surface area contributed by atoms with Gasteiger partial charge in [-0.25, -0.2) is 17.7 Å². The molecule has 1 heterocycles. The number of nitrogens with zero attached hydrogens (tertiary/aromatic N) is 3. The van der Waals surface area contributed by atoms with E-state index in [1.807, 2.05) is 30.3 Å². The number of hydrogen-bond donors (Lipinski definition) is 1. The van der Waals surface area contributed by atoms with Crippen LogP contribution in [0, 0.1) is 0 Å². The van der Waals surface area contributed by atoms with Crippen LogP contribution in [0.15, 0.2) is 82.7 Å². The van der Waals surface area contributed by atoms with Crippen molar-refractivity contribution in [2.24, 2.45) is 0 Å². The molecule has 0 unspecified atom stereocenters. The van der Waals surface area contributed by atoms with Gasteiger partial charge in [-0.1, -0.05) is 36.4 Å². The van der Waals surface area contributed by atoms with Gasteiger partial charge in [0.15, 0.2) is 5.78 Å². The molecular formula is C26H25N3O5S. The Morgan fingerprint density at radius 1 is 1.00 bits per heavy atom. The predicted molar refractivity (Wildman–Crippen MR) is 134 cm³/mol. The van der Waals surface area contributed by atoms with E-state index in [9.17, 15) is 18.0 Å². The summed E-state index contributed by atoms with van der Waals surface area (Å²) in [5.41, 5.74) is 3.10. The largest absolute Gasteiger partial charge is 0.388 e. The lowest BCUT2D eigenvalue weighted by Crippen LogP contribution is -2.22. The monoisotopic (exact) mass is 491 g/mol. The maximum Gasteiger partial charge on any atom is 0.261 e. The molecule has 0 aliphatic rings. The van der Waals surface area contributed by atoms with E-state index in [-0.39, 0.29) is 16.0 Å². The molecule has 3 aromatic carbocycles. The van der Waals surface area contributed by atoms with Crippen LogP contribution in [0.4, 0.5) is 0 Å². The third kappa shape index (κ3) is 5.07. The number of sulfonamides is 1. The van der Waals surface area contributed by atoms with Crippen LogP contribution in [0.25, 0.3) is 22.0 Å². The summed E-state index contributed by atoms with van der Waals surface area (Å²) in [6.45, 7) is -0.251. The van der Waals surface area contributed by atoms with Crippen LogP contribution in [-0.2, 0) is 23.0 Å². The molecule has 0 bridgehead atoms. The lowest BCUT2D eigenvalue weighted by Gasteiger charge is -2.13. The molecule has 8 nitrogen and oxygen atoms in total. The van der Waals surface area contributed by atoms with Crippen molar-refractivity contribution >= 4 is 26.7 Å². The molecule has 0 saturated carbocycles.